The van der Waals surface area contributed by atoms with Crippen molar-refractivity contribution in [2.75, 3.05) is 33.4 Å². The van der Waals surface area contributed by atoms with Crippen LogP contribution in [-0.4, -0.2) is 55.0 Å². The molecule has 0 aromatic carbocycles. The molecule has 1 heterocycles. The highest BCUT2D eigenvalue weighted by molar-refractivity contribution is 4.97. The number of methoxy groups -OCH3 is 1. The van der Waals surface area contributed by atoms with E-state index in [1.54, 1.807) is 7.11 Å². The fourth-order valence-corrected chi connectivity index (χ4v) is 3.38. The van der Waals surface area contributed by atoms with Gasteiger partial charge in [0.05, 0.1) is 13.2 Å². The number of nitrogens with two attached hydrogens (primary N) is 1. The quantitative estimate of drug-likeness (QED) is 0.757. The first kappa shape index (κ1) is 13.3. The van der Waals surface area contributed by atoms with E-state index in [2.05, 4.69) is 4.90 Å². The molecule has 1 saturated heterocycles. The number of aliphatic hydroxyl groups excluding tert-OH is 1. The first-order valence-corrected chi connectivity index (χ1v) is 6.79. The maximum atomic E-state index is 9.31. The zero-order valence-corrected chi connectivity index (χ0v) is 10.9. The van der Waals surface area contributed by atoms with Crippen molar-refractivity contribution in [2.24, 2.45) is 11.7 Å². The zero-order chi connectivity index (χ0) is 12.3. The van der Waals surface area contributed by atoms with Crippen molar-refractivity contribution in [2.45, 2.75) is 43.7 Å². The minimum Gasteiger partial charge on any atom is -0.394 e. The predicted octanol–water partition coefficient (Wildman–Crippen LogP) is 0.587. The summed E-state index contributed by atoms with van der Waals surface area (Å²) in [7, 11) is 1.78. The third-order valence-electron chi connectivity index (χ3n) is 4.40. The van der Waals surface area contributed by atoms with Gasteiger partial charge in [-0.2, -0.15) is 0 Å². The molecule has 3 unspecified atom stereocenters. The molecule has 3 N–H and O–H groups in total. The Kier molecular flexibility index (Phi) is 4.42. The Labute approximate surface area is 104 Å². The Bertz CT molecular complexity index is 248. The van der Waals surface area contributed by atoms with Crippen LogP contribution in [0, 0.1) is 5.92 Å². The van der Waals surface area contributed by atoms with Gasteiger partial charge < -0.3 is 15.6 Å². The lowest BCUT2D eigenvalue weighted by Crippen LogP contribution is -2.46. The molecule has 2 aliphatic rings. The number of ether oxygens (including phenoxy) is 1. The zero-order valence-electron chi connectivity index (χ0n) is 10.9. The lowest BCUT2D eigenvalue weighted by atomic mass is 9.96. The van der Waals surface area contributed by atoms with Crippen LogP contribution in [0.25, 0.3) is 0 Å². The van der Waals surface area contributed by atoms with Crippen molar-refractivity contribution in [3.05, 3.63) is 0 Å². The molecule has 4 nitrogen and oxygen atoms in total. The van der Waals surface area contributed by atoms with Gasteiger partial charge in [0.1, 0.15) is 0 Å². The highest BCUT2D eigenvalue weighted by atomic mass is 16.5. The van der Waals surface area contributed by atoms with Crippen molar-refractivity contribution < 1.29 is 9.84 Å². The Morgan fingerprint density at radius 2 is 2.29 bits per heavy atom. The van der Waals surface area contributed by atoms with E-state index in [4.69, 9.17) is 10.5 Å². The summed E-state index contributed by atoms with van der Waals surface area (Å²) in [5.74, 6) is 0.677. The second-order valence-corrected chi connectivity index (χ2v) is 5.88. The van der Waals surface area contributed by atoms with Crippen molar-refractivity contribution in [3.8, 4) is 0 Å². The first-order valence-electron chi connectivity index (χ1n) is 6.79. The number of nitrogens with zero attached hydrogens (tertiary/aromatic N) is 1. The van der Waals surface area contributed by atoms with Crippen LogP contribution in [0.1, 0.15) is 32.1 Å². The van der Waals surface area contributed by atoms with Crippen LogP contribution in [0.5, 0.6) is 0 Å². The van der Waals surface area contributed by atoms with E-state index < -0.39 is 0 Å². The molecule has 0 radical (unpaired) electrons. The summed E-state index contributed by atoms with van der Waals surface area (Å²) >= 11 is 0. The van der Waals surface area contributed by atoms with Gasteiger partial charge in [0.15, 0.2) is 0 Å². The van der Waals surface area contributed by atoms with Gasteiger partial charge in [-0.25, -0.2) is 0 Å². The van der Waals surface area contributed by atoms with Crippen LogP contribution in [0.2, 0.25) is 0 Å². The molecule has 17 heavy (non-hydrogen) atoms. The standard InChI is InChI=1S/C13H26N2O2/c1-17-9-11-3-2-6-15(8-11)12-4-5-13(14,7-12)10-16/h11-12,16H,2-10,14H2,1H3. The van der Waals surface area contributed by atoms with Gasteiger partial charge in [0, 0.05) is 25.2 Å². The topological polar surface area (TPSA) is 58.7 Å². The molecule has 2 fully saturated rings. The van der Waals surface area contributed by atoms with Gasteiger partial charge in [0.25, 0.3) is 0 Å². The van der Waals surface area contributed by atoms with Crippen LogP contribution in [0.4, 0.5) is 0 Å². The third kappa shape index (κ3) is 3.19. The lowest BCUT2D eigenvalue weighted by molar-refractivity contribution is 0.0663. The Hall–Kier alpha value is -0.160. The van der Waals surface area contributed by atoms with Crippen LogP contribution in [-0.2, 0) is 4.74 Å². The molecule has 1 saturated carbocycles. The molecule has 1 aliphatic heterocycles. The summed E-state index contributed by atoms with van der Waals surface area (Å²) in [5, 5.41) is 9.31. The number of hydrogen-bond donors (Lipinski definition) is 2. The van der Waals surface area contributed by atoms with E-state index in [-0.39, 0.29) is 12.1 Å². The highest BCUT2D eigenvalue weighted by Crippen LogP contribution is 2.33. The second kappa shape index (κ2) is 5.65. The van der Waals surface area contributed by atoms with Gasteiger partial charge in [-0.15, -0.1) is 0 Å². The minimum atomic E-state index is -0.321. The van der Waals surface area contributed by atoms with E-state index in [0.29, 0.717) is 12.0 Å². The SMILES string of the molecule is COCC1CCCN(C2CCC(N)(CO)C2)C1. The number of hydrogen-bond acceptors (Lipinski definition) is 4. The van der Waals surface area contributed by atoms with E-state index in [9.17, 15) is 5.11 Å². The van der Waals surface area contributed by atoms with Gasteiger partial charge in [0.2, 0.25) is 0 Å². The molecule has 0 aromatic rings. The van der Waals surface area contributed by atoms with Gasteiger partial charge in [-0.05, 0) is 44.6 Å². The molecule has 0 spiro atoms. The normalized spacial score (nSPS) is 39.7. The average molecular weight is 242 g/mol. The molecule has 2 rings (SSSR count). The van der Waals surface area contributed by atoms with Gasteiger partial charge >= 0.3 is 0 Å². The Balaban J connectivity index is 1.86. The van der Waals surface area contributed by atoms with Gasteiger partial charge in [-0.1, -0.05) is 0 Å². The summed E-state index contributed by atoms with van der Waals surface area (Å²) in [5.41, 5.74) is 5.83. The van der Waals surface area contributed by atoms with Crippen molar-refractivity contribution >= 4 is 0 Å². The smallest absolute Gasteiger partial charge is 0.0611 e. The van der Waals surface area contributed by atoms with Crippen molar-refractivity contribution in [1.82, 2.24) is 4.90 Å². The van der Waals surface area contributed by atoms with Crippen LogP contribution >= 0.6 is 0 Å². The number of likely N-dealkylation sites (tertiary alicyclic amines) is 1. The molecule has 0 amide bonds. The molecule has 0 aromatic heterocycles. The summed E-state index contributed by atoms with van der Waals surface area (Å²) < 4.78 is 5.26. The lowest BCUT2D eigenvalue weighted by Gasteiger charge is -2.37. The summed E-state index contributed by atoms with van der Waals surface area (Å²) in [6.07, 6.45) is 5.59. The van der Waals surface area contributed by atoms with E-state index in [0.717, 1.165) is 32.4 Å². The van der Waals surface area contributed by atoms with Crippen LogP contribution in [0.3, 0.4) is 0 Å². The average Bonchev–Trinajstić information content (AvgIpc) is 2.74. The Morgan fingerprint density at radius 1 is 1.47 bits per heavy atom. The molecule has 1 aliphatic carbocycles. The highest BCUT2D eigenvalue weighted by Gasteiger charge is 2.38. The van der Waals surface area contributed by atoms with Crippen molar-refractivity contribution in [1.29, 1.82) is 0 Å². The van der Waals surface area contributed by atoms with Crippen molar-refractivity contribution in [3.63, 3.8) is 0 Å². The Morgan fingerprint density at radius 3 is 2.94 bits per heavy atom. The monoisotopic (exact) mass is 242 g/mol. The fraction of sp³-hybridized carbons (Fsp3) is 1.00. The molecule has 4 heteroatoms. The maximum Gasteiger partial charge on any atom is 0.0611 e. The molecule has 3 atom stereocenters. The van der Waals surface area contributed by atoms with E-state index in [1.165, 1.54) is 19.4 Å². The minimum absolute atomic E-state index is 0.124. The van der Waals surface area contributed by atoms with E-state index >= 15 is 0 Å². The molecular formula is C13H26N2O2. The van der Waals surface area contributed by atoms with Crippen LogP contribution < -0.4 is 5.73 Å². The third-order valence-corrected chi connectivity index (χ3v) is 4.40. The summed E-state index contributed by atoms with van der Waals surface area (Å²) in [6, 6.07) is 0.576. The predicted molar refractivity (Wildman–Crippen MR) is 67.8 cm³/mol. The molecular weight excluding hydrogens is 216 g/mol. The molecule has 100 valence electrons. The number of rotatable bonds is 4. The van der Waals surface area contributed by atoms with E-state index in [1.807, 2.05) is 0 Å². The first-order chi connectivity index (χ1) is 8.17. The number of aliphatic hydroxyl groups is 1. The number of piperidine rings is 1. The second-order valence-electron chi connectivity index (χ2n) is 5.88. The fourth-order valence-electron chi connectivity index (χ4n) is 3.38. The maximum absolute atomic E-state index is 9.31. The summed E-state index contributed by atoms with van der Waals surface area (Å²) in [6.45, 7) is 3.32. The molecule has 0 bridgehead atoms. The van der Waals surface area contributed by atoms with Gasteiger partial charge in [-0.3, -0.25) is 4.90 Å². The largest absolute Gasteiger partial charge is 0.394 e. The van der Waals surface area contributed by atoms with Crippen LogP contribution in [0.15, 0.2) is 0 Å². The summed E-state index contributed by atoms with van der Waals surface area (Å²) in [4.78, 5) is 2.57.